The number of rotatable bonds is 5. The number of benzene rings is 2. The van der Waals surface area contributed by atoms with E-state index in [0.29, 0.717) is 0 Å². The maximum atomic E-state index is 12.5. The molecule has 1 heterocycles. The first kappa shape index (κ1) is 17.0. The minimum Gasteiger partial charge on any atom is -0.497 e. The second-order valence-electron chi connectivity index (χ2n) is 6.13. The van der Waals surface area contributed by atoms with Gasteiger partial charge in [0.1, 0.15) is 5.75 Å². The summed E-state index contributed by atoms with van der Waals surface area (Å²) >= 11 is 0. The van der Waals surface area contributed by atoms with Crippen LogP contribution in [-0.4, -0.2) is 31.6 Å². The predicted octanol–water partition coefficient (Wildman–Crippen LogP) is 2.76. The highest BCUT2D eigenvalue weighted by Gasteiger charge is 2.30. The van der Waals surface area contributed by atoms with Gasteiger partial charge in [-0.1, -0.05) is 30.3 Å². The van der Waals surface area contributed by atoms with E-state index in [2.05, 4.69) is 0 Å². The summed E-state index contributed by atoms with van der Waals surface area (Å²) in [7, 11) is 1.59. The Kier molecular flexibility index (Phi) is 5.03. The highest BCUT2D eigenvalue weighted by atomic mass is 16.5. The molecule has 25 heavy (non-hydrogen) atoms. The molecule has 1 aliphatic rings. The van der Waals surface area contributed by atoms with E-state index in [-0.39, 0.29) is 25.0 Å². The van der Waals surface area contributed by atoms with E-state index in [1.165, 1.54) is 0 Å². The van der Waals surface area contributed by atoms with E-state index >= 15 is 0 Å². The van der Waals surface area contributed by atoms with Crippen LogP contribution in [0.5, 0.6) is 5.75 Å². The van der Waals surface area contributed by atoms with Crippen LogP contribution in [0.1, 0.15) is 18.1 Å². The molecular formula is C20H21NO4. The van der Waals surface area contributed by atoms with Gasteiger partial charge in [0.15, 0.2) is 6.61 Å². The third kappa shape index (κ3) is 3.82. The Hall–Kier alpha value is -2.82. The molecule has 2 aromatic carbocycles. The number of methoxy groups -OCH3 is 1. The molecule has 1 unspecified atom stereocenters. The van der Waals surface area contributed by atoms with Gasteiger partial charge in [-0.05, 0) is 42.7 Å². The van der Waals surface area contributed by atoms with E-state index in [9.17, 15) is 9.59 Å². The number of anilines is 1. The number of nitrogens with zero attached hydrogens (tertiary/aromatic N) is 1. The van der Waals surface area contributed by atoms with Crippen LogP contribution >= 0.6 is 0 Å². The highest BCUT2D eigenvalue weighted by Crippen LogP contribution is 2.31. The van der Waals surface area contributed by atoms with E-state index in [4.69, 9.17) is 9.47 Å². The monoisotopic (exact) mass is 339 g/mol. The van der Waals surface area contributed by atoms with Gasteiger partial charge in [0.25, 0.3) is 5.91 Å². The van der Waals surface area contributed by atoms with Gasteiger partial charge in [-0.25, -0.2) is 0 Å². The van der Waals surface area contributed by atoms with Crippen molar-refractivity contribution >= 4 is 17.6 Å². The SMILES string of the molecule is COc1ccc(CC(=O)OCC(=O)N2c3ccccc3CC2C)cc1. The Morgan fingerprint density at radius 3 is 2.56 bits per heavy atom. The minimum absolute atomic E-state index is 0.0743. The first-order chi connectivity index (χ1) is 12.1. The van der Waals surface area contributed by atoms with E-state index in [0.717, 1.165) is 29.0 Å². The molecule has 0 spiro atoms. The van der Waals surface area contributed by atoms with Crippen LogP contribution in [0.25, 0.3) is 0 Å². The third-order valence-corrected chi connectivity index (χ3v) is 4.34. The summed E-state index contributed by atoms with van der Waals surface area (Å²) in [6.07, 6.45) is 0.950. The van der Waals surface area contributed by atoms with E-state index < -0.39 is 5.97 Å². The molecule has 2 aromatic rings. The van der Waals surface area contributed by atoms with Crippen molar-refractivity contribution in [3.63, 3.8) is 0 Å². The molecule has 0 fully saturated rings. The molecule has 0 bridgehead atoms. The van der Waals surface area contributed by atoms with Crippen LogP contribution in [0.2, 0.25) is 0 Å². The summed E-state index contributed by atoms with van der Waals surface area (Å²) in [6.45, 7) is 1.75. The minimum atomic E-state index is -0.418. The van der Waals surface area contributed by atoms with Gasteiger partial charge in [0.2, 0.25) is 0 Å². The molecular weight excluding hydrogens is 318 g/mol. The standard InChI is InChI=1S/C20H21NO4/c1-14-11-16-5-3-4-6-18(16)21(14)19(22)13-25-20(23)12-15-7-9-17(24-2)10-8-15/h3-10,14H,11-13H2,1-2H3. The molecule has 0 saturated heterocycles. The first-order valence-electron chi connectivity index (χ1n) is 8.27. The van der Waals surface area contributed by atoms with E-state index in [1.807, 2.05) is 31.2 Å². The molecule has 130 valence electrons. The quantitative estimate of drug-likeness (QED) is 0.786. The topological polar surface area (TPSA) is 55.8 Å². The van der Waals surface area contributed by atoms with Crippen LogP contribution in [0, 0.1) is 0 Å². The Labute approximate surface area is 147 Å². The lowest BCUT2D eigenvalue weighted by Crippen LogP contribution is -2.38. The van der Waals surface area contributed by atoms with Crippen molar-refractivity contribution < 1.29 is 19.1 Å². The number of amides is 1. The van der Waals surface area contributed by atoms with Gasteiger partial charge in [0.05, 0.1) is 13.5 Å². The maximum absolute atomic E-state index is 12.5. The number of hydrogen-bond donors (Lipinski definition) is 0. The molecule has 0 N–H and O–H groups in total. The fraction of sp³-hybridized carbons (Fsp3) is 0.300. The molecule has 1 atom stereocenters. The molecule has 0 aromatic heterocycles. The Morgan fingerprint density at radius 2 is 1.84 bits per heavy atom. The number of para-hydroxylation sites is 1. The number of hydrogen-bond acceptors (Lipinski definition) is 4. The Bertz CT molecular complexity index is 770. The van der Waals surface area contributed by atoms with Crippen molar-refractivity contribution in [2.45, 2.75) is 25.8 Å². The molecule has 5 nitrogen and oxygen atoms in total. The van der Waals surface area contributed by atoms with Crippen LogP contribution < -0.4 is 9.64 Å². The smallest absolute Gasteiger partial charge is 0.310 e. The van der Waals surface area contributed by atoms with Gasteiger partial charge < -0.3 is 14.4 Å². The average Bonchev–Trinajstić information content (AvgIpc) is 2.96. The lowest BCUT2D eigenvalue weighted by atomic mass is 10.1. The van der Waals surface area contributed by atoms with Gasteiger partial charge in [-0.2, -0.15) is 0 Å². The van der Waals surface area contributed by atoms with Crippen molar-refractivity contribution in [3.05, 3.63) is 59.7 Å². The van der Waals surface area contributed by atoms with Crippen molar-refractivity contribution in [2.24, 2.45) is 0 Å². The molecule has 0 radical (unpaired) electrons. The summed E-state index contributed by atoms with van der Waals surface area (Å²) in [5.74, 6) is 0.119. The number of ether oxygens (including phenoxy) is 2. The molecule has 1 amide bonds. The molecule has 1 aliphatic heterocycles. The zero-order chi connectivity index (χ0) is 17.8. The fourth-order valence-electron chi connectivity index (χ4n) is 3.12. The fourth-order valence-corrected chi connectivity index (χ4v) is 3.12. The highest BCUT2D eigenvalue weighted by molar-refractivity contribution is 5.97. The second-order valence-corrected chi connectivity index (χ2v) is 6.13. The molecule has 0 saturated carbocycles. The summed E-state index contributed by atoms with van der Waals surface area (Å²) in [5, 5.41) is 0. The van der Waals surface area contributed by atoms with Gasteiger partial charge in [-0.15, -0.1) is 0 Å². The number of esters is 1. The third-order valence-electron chi connectivity index (χ3n) is 4.34. The van der Waals surface area contributed by atoms with Gasteiger partial charge in [-0.3, -0.25) is 9.59 Å². The lowest BCUT2D eigenvalue weighted by Gasteiger charge is -2.22. The summed E-state index contributed by atoms with van der Waals surface area (Å²) < 4.78 is 10.3. The van der Waals surface area contributed by atoms with Crippen LogP contribution in [0.15, 0.2) is 48.5 Å². The summed E-state index contributed by atoms with van der Waals surface area (Å²) in [5.41, 5.74) is 2.87. The predicted molar refractivity (Wildman–Crippen MR) is 94.8 cm³/mol. The van der Waals surface area contributed by atoms with Crippen molar-refractivity contribution in [1.29, 1.82) is 0 Å². The lowest BCUT2D eigenvalue weighted by molar-refractivity contribution is -0.147. The Balaban J connectivity index is 1.56. The Morgan fingerprint density at radius 1 is 1.12 bits per heavy atom. The van der Waals surface area contributed by atoms with Crippen LogP contribution in [0.3, 0.4) is 0 Å². The molecule has 5 heteroatoms. The van der Waals surface area contributed by atoms with Gasteiger partial charge in [0, 0.05) is 11.7 Å². The van der Waals surface area contributed by atoms with Crippen molar-refractivity contribution in [1.82, 2.24) is 0 Å². The number of carbonyl (C=O) groups excluding carboxylic acids is 2. The number of fused-ring (bicyclic) bond motifs is 1. The largest absolute Gasteiger partial charge is 0.497 e. The van der Waals surface area contributed by atoms with Crippen LogP contribution in [0.4, 0.5) is 5.69 Å². The second kappa shape index (κ2) is 7.38. The van der Waals surface area contributed by atoms with Crippen molar-refractivity contribution in [2.75, 3.05) is 18.6 Å². The van der Waals surface area contributed by atoms with Crippen molar-refractivity contribution in [3.8, 4) is 5.75 Å². The van der Waals surface area contributed by atoms with E-state index in [1.54, 1.807) is 36.3 Å². The number of carbonyl (C=O) groups is 2. The maximum Gasteiger partial charge on any atom is 0.310 e. The zero-order valence-electron chi connectivity index (χ0n) is 14.4. The first-order valence-corrected chi connectivity index (χ1v) is 8.27. The molecule has 0 aliphatic carbocycles. The normalized spacial score (nSPS) is 15.6. The van der Waals surface area contributed by atoms with Crippen LogP contribution in [-0.2, 0) is 27.2 Å². The summed E-state index contributed by atoms with van der Waals surface area (Å²) in [4.78, 5) is 26.2. The average molecular weight is 339 g/mol. The zero-order valence-corrected chi connectivity index (χ0v) is 14.4. The summed E-state index contributed by atoms with van der Waals surface area (Å²) in [6, 6.07) is 15.1. The van der Waals surface area contributed by atoms with Gasteiger partial charge >= 0.3 is 5.97 Å². The molecule has 3 rings (SSSR count).